The van der Waals surface area contributed by atoms with Gasteiger partial charge in [0.15, 0.2) is 0 Å². The molecule has 0 aromatic heterocycles. The zero-order chi connectivity index (χ0) is 14.3. The van der Waals surface area contributed by atoms with Crippen LogP contribution in [0.5, 0.6) is 0 Å². The Hall–Kier alpha value is -1.05. The van der Waals surface area contributed by atoms with E-state index in [1.807, 2.05) is 0 Å². The molecule has 0 heterocycles. The first-order valence-corrected chi connectivity index (χ1v) is 5.06. The van der Waals surface area contributed by atoms with Crippen LogP contribution in [0.3, 0.4) is 0 Å². The summed E-state index contributed by atoms with van der Waals surface area (Å²) in [4.78, 5) is 0. The molecule has 0 N–H and O–H groups in total. The van der Waals surface area contributed by atoms with Crippen LogP contribution in [-0.2, 0) is 6.18 Å². The van der Waals surface area contributed by atoms with Gasteiger partial charge >= 0.3 is 12.4 Å². The molecule has 1 aromatic carbocycles. The van der Waals surface area contributed by atoms with Crippen LogP contribution >= 0.6 is 15.9 Å². The Bertz CT molecular complexity index is 484. The van der Waals surface area contributed by atoms with E-state index < -0.39 is 39.3 Å². The highest BCUT2D eigenvalue weighted by molar-refractivity contribution is 9.10. The summed E-state index contributed by atoms with van der Waals surface area (Å²) in [6.07, 6.45) is -9.89. The number of alkyl halides is 6. The van der Waals surface area contributed by atoms with Gasteiger partial charge in [-0.05, 0) is 28.1 Å². The number of rotatable bonds is 1. The third kappa shape index (κ3) is 3.04. The largest absolute Gasteiger partial charge is 0.416 e. The standard InChI is InChI=1S/C10H4BrF7/c1-4(9(13,14)15)6-2-5(10(16,17)18)3-7(11)8(6)12/h2-3H,1H2. The summed E-state index contributed by atoms with van der Waals surface area (Å²) in [6.45, 7) is 2.57. The van der Waals surface area contributed by atoms with Crippen LogP contribution in [0.1, 0.15) is 11.1 Å². The van der Waals surface area contributed by atoms with Gasteiger partial charge < -0.3 is 0 Å². The van der Waals surface area contributed by atoms with Gasteiger partial charge in [-0.1, -0.05) is 6.58 Å². The average molecular weight is 337 g/mol. The highest BCUT2D eigenvalue weighted by Gasteiger charge is 2.38. The van der Waals surface area contributed by atoms with E-state index in [9.17, 15) is 30.7 Å². The monoisotopic (exact) mass is 336 g/mol. The van der Waals surface area contributed by atoms with Gasteiger partial charge in [0.1, 0.15) is 5.82 Å². The fraction of sp³-hybridized carbons (Fsp3) is 0.200. The quantitative estimate of drug-likeness (QED) is 0.619. The van der Waals surface area contributed by atoms with Crippen LogP contribution in [0, 0.1) is 5.82 Å². The SMILES string of the molecule is C=C(c1cc(C(F)(F)F)cc(Br)c1F)C(F)(F)F. The lowest BCUT2D eigenvalue weighted by Gasteiger charge is -2.15. The predicted molar refractivity (Wildman–Crippen MR) is 54.2 cm³/mol. The van der Waals surface area contributed by atoms with E-state index in [1.54, 1.807) is 0 Å². The summed E-state index contributed by atoms with van der Waals surface area (Å²) in [5, 5.41) is 0. The first-order valence-electron chi connectivity index (χ1n) is 4.27. The number of allylic oxidation sites excluding steroid dienone is 1. The first-order chi connectivity index (χ1) is 7.94. The van der Waals surface area contributed by atoms with E-state index >= 15 is 0 Å². The fourth-order valence-electron chi connectivity index (χ4n) is 1.13. The molecule has 0 saturated heterocycles. The minimum absolute atomic E-state index is 0.0793. The van der Waals surface area contributed by atoms with Crippen LogP contribution in [0.2, 0.25) is 0 Å². The van der Waals surface area contributed by atoms with Crippen molar-refractivity contribution in [3.63, 3.8) is 0 Å². The smallest absolute Gasteiger partial charge is 0.205 e. The number of halogens is 8. The predicted octanol–water partition coefficient (Wildman–Crippen LogP) is 5.18. The molecule has 0 radical (unpaired) electrons. The van der Waals surface area contributed by atoms with Crippen molar-refractivity contribution in [1.82, 2.24) is 0 Å². The zero-order valence-electron chi connectivity index (χ0n) is 8.39. The van der Waals surface area contributed by atoms with E-state index in [0.717, 1.165) is 0 Å². The number of benzene rings is 1. The molecular weight excluding hydrogens is 333 g/mol. The molecule has 0 bridgehead atoms. The topological polar surface area (TPSA) is 0 Å². The molecule has 1 aromatic rings. The summed E-state index contributed by atoms with van der Waals surface area (Å²) < 4.78 is 86.8. The van der Waals surface area contributed by atoms with Crippen LogP contribution < -0.4 is 0 Å². The van der Waals surface area contributed by atoms with Crippen molar-refractivity contribution in [1.29, 1.82) is 0 Å². The summed E-state index contributed by atoms with van der Waals surface area (Å²) >= 11 is 2.44. The van der Waals surface area contributed by atoms with Crippen LogP contribution in [0.15, 0.2) is 23.2 Å². The summed E-state index contributed by atoms with van der Waals surface area (Å²) in [6, 6.07) is 0.443. The molecule has 0 aliphatic rings. The van der Waals surface area contributed by atoms with Crippen LogP contribution in [0.4, 0.5) is 30.7 Å². The normalized spacial score (nSPS) is 12.7. The zero-order valence-corrected chi connectivity index (χ0v) is 9.97. The molecule has 0 amide bonds. The van der Waals surface area contributed by atoms with Gasteiger partial charge in [0.05, 0.1) is 15.6 Å². The van der Waals surface area contributed by atoms with Crippen molar-refractivity contribution in [3.05, 3.63) is 40.1 Å². The number of hydrogen-bond donors (Lipinski definition) is 0. The second kappa shape index (κ2) is 4.56. The highest BCUT2D eigenvalue weighted by atomic mass is 79.9. The summed E-state index contributed by atoms with van der Waals surface area (Å²) in [5.74, 6) is -1.44. The van der Waals surface area contributed by atoms with Crippen molar-refractivity contribution in [2.24, 2.45) is 0 Å². The summed E-state index contributed by atoms with van der Waals surface area (Å²) in [7, 11) is 0. The fourth-order valence-corrected chi connectivity index (χ4v) is 1.59. The van der Waals surface area contributed by atoms with Gasteiger partial charge in [0.25, 0.3) is 0 Å². The Balaban J connectivity index is 3.46. The van der Waals surface area contributed by atoms with E-state index in [2.05, 4.69) is 22.5 Å². The molecule has 0 nitrogen and oxygen atoms in total. The molecule has 0 unspecified atom stereocenters. The third-order valence-corrected chi connectivity index (χ3v) is 2.60. The lowest BCUT2D eigenvalue weighted by atomic mass is 10.0. The Morgan fingerprint density at radius 2 is 1.56 bits per heavy atom. The average Bonchev–Trinajstić information content (AvgIpc) is 2.17. The first kappa shape index (κ1) is 15.0. The third-order valence-electron chi connectivity index (χ3n) is 2.02. The Morgan fingerprint density at radius 3 is 1.94 bits per heavy atom. The van der Waals surface area contributed by atoms with Gasteiger partial charge in [-0.3, -0.25) is 0 Å². The second-order valence-corrected chi connectivity index (χ2v) is 4.15. The maximum absolute atomic E-state index is 13.4. The minimum atomic E-state index is -5.01. The second-order valence-electron chi connectivity index (χ2n) is 3.29. The van der Waals surface area contributed by atoms with Crippen molar-refractivity contribution in [2.45, 2.75) is 12.4 Å². The molecule has 18 heavy (non-hydrogen) atoms. The van der Waals surface area contributed by atoms with Gasteiger partial charge in [-0.25, -0.2) is 4.39 Å². The van der Waals surface area contributed by atoms with Crippen LogP contribution in [-0.4, -0.2) is 6.18 Å². The number of hydrogen-bond acceptors (Lipinski definition) is 0. The molecule has 0 fully saturated rings. The van der Waals surface area contributed by atoms with Gasteiger partial charge in [-0.15, -0.1) is 0 Å². The molecule has 0 atom stereocenters. The van der Waals surface area contributed by atoms with Crippen LogP contribution in [0.25, 0.3) is 5.57 Å². The molecule has 0 spiro atoms. The van der Waals surface area contributed by atoms with Gasteiger partial charge in [-0.2, -0.15) is 26.3 Å². The molecule has 8 heteroatoms. The van der Waals surface area contributed by atoms with Gasteiger partial charge in [0.2, 0.25) is 0 Å². The molecule has 100 valence electrons. The van der Waals surface area contributed by atoms with Crippen molar-refractivity contribution < 1.29 is 30.7 Å². The maximum atomic E-state index is 13.4. The molecular formula is C10H4BrF7. The molecule has 0 saturated carbocycles. The maximum Gasteiger partial charge on any atom is 0.416 e. The van der Waals surface area contributed by atoms with Gasteiger partial charge in [0, 0.05) is 5.56 Å². The highest BCUT2D eigenvalue weighted by Crippen LogP contribution is 2.39. The Labute approximate surface area is 105 Å². The van der Waals surface area contributed by atoms with Crippen molar-refractivity contribution in [3.8, 4) is 0 Å². The molecule has 0 aliphatic heterocycles. The molecule has 1 rings (SSSR count). The minimum Gasteiger partial charge on any atom is -0.205 e. The Morgan fingerprint density at radius 1 is 1.06 bits per heavy atom. The summed E-state index contributed by atoms with van der Waals surface area (Å²) in [5.41, 5.74) is -4.30. The lowest BCUT2D eigenvalue weighted by Crippen LogP contribution is -2.13. The van der Waals surface area contributed by atoms with Crippen molar-refractivity contribution >= 4 is 21.5 Å². The van der Waals surface area contributed by atoms with E-state index in [4.69, 9.17) is 0 Å². The van der Waals surface area contributed by atoms with E-state index in [0.29, 0.717) is 6.07 Å². The van der Waals surface area contributed by atoms with E-state index in [1.165, 1.54) is 0 Å². The van der Waals surface area contributed by atoms with Crippen molar-refractivity contribution in [2.75, 3.05) is 0 Å². The van der Waals surface area contributed by atoms with E-state index in [-0.39, 0.29) is 6.07 Å². The molecule has 0 aliphatic carbocycles. The Kier molecular flexibility index (Phi) is 3.81. The lowest BCUT2D eigenvalue weighted by molar-refractivity contribution is -0.137.